The predicted molar refractivity (Wildman–Crippen MR) is 89.9 cm³/mol. The number of nitrogens with zero attached hydrogens (tertiary/aromatic N) is 2. The Morgan fingerprint density at radius 1 is 0.870 bits per heavy atom. The molecule has 0 saturated carbocycles. The zero-order chi connectivity index (χ0) is 16.1. The van der Waals surface area contributed by atoms with Gasteiger partial charge in [0.1, 0.15) is 0 Å². The lowest BCUT2D eigenvalue weighted by atomic mass is 10.4. The van der Waals surface area contributed by atoms with Crippen LogP contribution in [-0.4, -0.2) is 70.4 Å². The van der Waals surface area contributed by atoms with Crippen molar-refractivity contribution in [3.05, 3.63) is 30.3 Å². The van der Waals surface area contributed by atoms with E-state index < -0.39 is 18.4 Å². The molecule has 0 radical (unpaired) electrons. The Labute approximate surface area is 138 Å². The Kier molecular flexibility index (Phi) is 5.98. The van der Waals surface area contributed by atoms with Crippen molar-refractivity contribution >= 4 is 18.4 Å². The van der Waals surface area contributed by atoms with Gasteiger partial charge in [-0.2, -0.15) is 0 Å². The minimum atomic E-state index is -3.53. The summed E-state index contributed by atoms with van der Waals surface area (Å²) in [5.41, 5.74) is 0. The molecule has 0 aromatic heterocycles. The van der Waals surface area contributed by atoms with E-state index in [-0.39, 0.29) is 0 Å². The van der Waals surface area contributed by atoms with Gasteiger partial charge < -0.3 is 9.47 Å². The molecule has 2 saturated heterocycles. The van der Waals surface area contributed by atoms with E-state index >= 15 is 0 Å². The highest BCUT2D eigenvalue weighted by molar-refractivity contribution is 7.94. The topological polar surface area (TPSA) is 71.1 Å². The summed E-state index contributed by atoms with van der Waals surface area (Å²) in [5.74, 6) is 0. The van der Waals surface area contributed by atoms with Crippen LogP contribution in [0, 0.1) is 0 Å². The van der Waals surface area contributed by atoms with Crippen molar-refractivity contribution in [2.24, 2.45) is 0 Å². The standard InChI is InChI=1S/C14H22N3O4PS/c18-23(19,14-4-2-1-3-5-14)15-22(16-6-10-20-11-7-16)17-8-12-21-13-9-17/h1-5,15H,6-13H2/p+1. The van der Waals surface area contributed by atoms with Gasteiger partial charge in [0.05, 0.1) is 57.5 Å². The second kappa shape index (κ2) is 7.98. The first-order valence-corrected chi connectivity index (χ1v) is 10.6. The fourth-order valence-corrected chi connectivity index (χ4v) is 7.25. The molecule has 3 rings (SSSR count). The maximum atomic E-state index is 12.7. The Balaban J connectivity index is 1.79. The lowest BCUT2D eigenvalue weighted by Gasteiger charge is -2.34. The smallest absolute Gasteiger partial charge is 0.272 e. The van der Waals surface area contributed by atoms with Crippen LogP contribution in [0.15, 0.2) is 35.2 Å². The van der Waals surface area contributed by atoms with E-state index in [4.69, 9.17) is 9.47 Å². The number of morpholine rings is 2. The van der Waals surface area contributed by atoms with E-state index in [0.29, 0.717) is 31.3 Å². The third-order valence-electron chi connectivity index (χ3n) is 3.90. The van der Waals surface area contributed by atoms with E-state index in [0.717, 1.165) is 26.2 Å². The van der Waals surface area contributed by atoms with Crippen molar-refractivity contribution in [3.8, 4) is 0 Å². The number of nitrogens with one attached hydrogen (secondary N) is 1. The van der Waals surface area contributed by atoms with Gasteiger partial charge in [-0.3, -0.25) is 0 Å². The second-order valence-electron chi connectivity index (χ2n) is 5.44. The minimum absolute atomic E-state index is 0.309. The molecule has 23 heavy (non-hydrogen) atoms. The zero-order valence-electron chi connectivity index (χ0n) is 13.0. The quantitative estimate of drug-likeness (QED) is 0.775. The van der Waals surface area contributed by atoms with E-state index in [9.17, 15) is 8.42 Å². The maximum absolute atomic E-state index is 12.7. The molecule has 0 atom stereocenters. The molecule has 2 aliphatic rings. The molecule has 0 aliphatic carbocycles. The van der Waals surface area contributed by atoms with Crippen molar-refractivity contribution in [1.82, 2.24) is 13.8 Å². The second-order valence-corrected chi connectivity index (χ2v) is 9.65. The third kappa shape index (κ3) is 4.48. The van der Waals surface area contributed by atoms with Crippen molar-refractivity contribution in [3.63, 3.8) is 0 Å². The van der Waals surface area contributed by atoms with Gasteiger partial charge in [0.25, 0.3) is 10.0 Å². The number of rotatable bonds is 5. The van der Waals surface area contributed by atoms with Gasteiger partial charge in [0, 0.05) is 0 Å². The van der Waals surface area contributed by atoms with Crippen LogP contribution in [0.1, 0.15) is 0 Å². The SMILES string of the molecule is O=S(=O)(N[PH+](N1CCOCC1)N1CCOCC1)c1ccccc1. The number of benzene rings is 1. The van der Waals surface area contributed by atoms with E-state index in [1.807, 2.05) is 6.07 Å². The summed E-state index contributed by atoms with van der Waals surface area (Å²) in [6.07, 6.45) is 0. The molecule has 2 aliphatic heterocycles. The van der Waals surface area contributed by atoms with Gasteiger partial charge in [-0.15, -0.1) is 9.34 Å². The summed E-state index contributed by atoms with van der Waals surface area (Å²) in [6.45, 7) is 5.59. The molecule has 128 valence electrons. The first kappa shape index (κ1) is 17.2. The third-order valence-corrected chi connectivity index (χ3v) is 8.69. The summed E-state index contributed by atoms with van der Waals surface area (Å²) >= 11 is 0. The number of hydrogen-bond acceptors (Lipinski definition) is 6. The highest BCUT2D eigenvalue weighted by atomic mass is 32.2. The summed E-state index contributed by atoms with van der Waals surface area (Å²) < 4.78 is 43.7. The van der Waals surface area contributed by atoms with Gasteiger partial charge in [-0.05, 0) is 16.6 Å². The highest BCUT2D eigenvalue weighted by Crippen LogP contribution is 2.42. The molecular formula is C14H23N3O4PS+. The molecule has 9 heteroatoms. The molecule has 0 unspecified atom stereocenters. The Morgan fingerprint density at radius 3 is 1.83 bits per heavy atom. The first-order chi connectivity index (χ1) is 11.2. The summed E-state index contributed by atoms with van der Waals surface area (Å²) in [5, 5.41) is 0. The minimum Gasteiger partial charge on any atom is -0.378 e. The van der Waals surface area contributed by atoms with Crippen molar-refractivity contribution in [1.29, 1.82) is 0 Å². The molecule has 1 aromatic rings. The Bertz CT molecular complexity index is 571. The zero-order valence-corrected chi connectivity index (χ0v) is 14.8. The summed E-state index contributed by atoms with van der Waals surface area (Å²) in [6, 6.07) is 8.55. The summed E-state index contributed by atoms with van der Waals surface area (Å²) in [4.78, 5) is 0.309. The van der Waals surface area contributed by atoms with Crippen LogP contribution in [0.2, 0.25) is 0 Å². The summed E-state index contributed by atoms with van der Waals surface area (Å²) in [7, 11) is -5.11. The number of ether oxygens (including phenoxy) is 2. The van der Waals surface area contributed by atoms with Gasteiger partial charge in [-0.1, -0.05) is 18.2 Å². The molecule has 2 fully saturated rings. The molecule has 1 aromatic carbocycles. The first-order valence-electron chi connectivity index (χ1n) is 7.77. The van der Waals surface area contributed by atoms with Crippen LogP contribution >= 0.6 is 8.37 Å². The fourth-order valence-electron chi connectivity index (χ4n) is 2.66. The van der Waals surface area contributed by atoms with Gasteiger partial charge in [0.2, 0.25) is 8.37 Å². The fraction of sp³-hybridized carbons (Fsp3) is 0.571. The molecule has 0 bridgehead atoms. The van der Waals surface area contributed by atoms with Crippen molar-refractivity contribution < 1.29 is 17.9 Å². The van der Waals surface area contributed by atoms with Crippen LogP contribution in [0.4, 0.5) is 0 Å². The average molecular weight is 360 g/mol. The molecule has 1 N–H and O–H groups in total. The van der Waals surface area contributed by atoms with Crippen LogP contribution in [-0.2, 0) is 19.5 Å². The lowest BCUT2D eigenvalue weighted by Crippen LogP contribution is -2.45. The van der Waals surface area contributed by atoms with Crippen LogP contribution in [0.5, 0.6) is 0 Å². The largest absolute Gasteiger partial charge is 0.378 e. The van der Waals surface area contributed by atoms with Gasteiger partial charge >= 0.3 is 0 Å². The van der Waals surface area contributed by atoms with Crippen LogP contribution in [0.3, 0.4) is 0 Å². The average Bonchev–Trinajstić information content (AvgIpc) is 2.62. The molecule has 0 amide bonds. The van der Waals surface area contributed by atoms with Crippen LogP contribution < -0.4 is 4.49 Å². The molecule has 7 nitrogen and oxygen atoms in total. The van der Waals surface area contributed by atoms with Crippen molar-refractivity contribution in [2.45, 2.75) is 4.90 Å². The van der Waals surface area contributed by atoms with E-state index in [1.165, 1.54) is 0 Å². The molecule has 0 spiro atoms. The lowest BCUT2D eigenvalue weighted by molar-refractivity contribution is 0.0579. The van der Waals surface area contributed by atoms with E-state index in [1.54, 1.807) is 24.3 Å². The normalized spacial score (nSPS) is 21.6. The Morgan fingerprint density at radius 2 is 1.35 bits per heavy atom. The maximum Gasteiger partial charge on any atom is 0.272 e. The van der Waals surface area contributed by atoms with Crippen molar-refractivity contribution in [2.75, 3.05) is 52.6 Å². The molecule has 2 heterocycles. The van der Waals surface area contributed by atoms with Crippen LogP contribution in [0.25, 0.3) is 0 Å². The monoisotopic (exact) mass is 360 g/mol. The van der Waals surface area contributed by atoms with Gasteiger partial charge in [-0.25, -0.2) is 8.42 Å². The number of sulfonamides is 1. The Hall–Kier alpha value is -0.600. The van der Waals surface area contributed by atoms with E-state index in [2.05, 4.69) is 13.8 Å². The highest BCUT2D eigenvalue weighted by Gasteiger charge is 2.39. The molecular weight excluding hydrogens is 337 g/mol. The predicted octanol–water partition coefficient (Wildman–Crippen LogP) is 0.588. The van der Waals surface area contributed by atoms with Gasteiger partial charge in [0.15, 0.2) is 0 Å². The number of hydrogen-bond donors (Lipinski definition) is 1.